The molecule has 0 amide bonds. The minimum atomic E-state index is -0.208. The van der Waals surface area contributed by atoms with Crippen LogP contribution in [0.2, 0.25) is 0 Å². The predicted octanol–water partition coefficient (Wildman–Crippen LogP) is 1.71. The van der Waals surface area contributed by atoms with Gasteiger partial charge in [-0.1, -0.05) is 0 Å². The number of ether oxygens (including phenoxy) is 2. The summed E-state index contributed by atoms with van der Waals surface area (Å²) in [6.45, 7) is 0.983. The molecule has 2 atom stereocenters. The molecule has 1 fully saturated rings. The molecule has 0 radical (unpaired) electrons. The third-order valence-electron chi connectivity index (χ3n) is 5.01. The Morgan fingerprint density at radius 1 is 1.24 bits per heavy atom. The van der Waals surface area contributed by atoms with E-state index >= 15 is 0 Å². The Labute approximate surface area is 168 Å². The third-order valence-corrected chi connectivity index (χ3v) is 5.01. The minimum absolute atomic E-state index is 0.208. The summed E-state index contributed by atoms with van der Waals surface area (Å²) in [5.41, 5.74) is 2.12. The van der Waals surface area contributed by atoms with E-state index in [0.29, 0.717) is 36.6 Å². The number of pyridine rings is 1. The van der Waals surface area contributed by atoms with Crippen LogP contribution < -0.4 is 20.3 Å². The first-order valence-corrected chi connectivity index (χ1v) is 9.47. The average Bonchev–Trinajstić information content (AvgIpc) is 3.39. The molecule has 3 aromatic rings. The summed E-state index contributed by atoms with van der Waals surface area (Å²) >= 11 is 0. The number of methoxy groups -OCH3 is 1. The fourth-order valence-corrected chi connectivity index (χ4v) is 3.24. The molecule has 1 N–H and O–H groups in total. The van der Waals surface area contributed by atoms with Gasteiger partial charge in [0.05, 0.1) is 32.2 Å². The molecule has 9 heteroatoms. The van der Waals surface area contributed by atoms with Crippen molar-refractivity contribution in [2.45, 2.75) is 18.9 Å². The summed E-state index contributed by atoms with van der Waals surface area (Å²) in [5.74, 6) is 1.95. The molecule has 3 aromatic heterocycles. The van der Waals surface area contributed by atoms with Gasteiger partial charge in [0, 0.05) is 43.9 Å². The second kappa shape index (κ2) is 7.94. The van der Waals surface area contributed by atoms with Crippen molar-refractivity contribution in [1.82, 2.24) is 24.5 Å². The largest absolute Gasteiger partial charge is 0.495 e. The molecule has 0 aromatic carbocycles. The Bertz CT molecular complexity index is 1040. The van der Waals surface area contributed by atoms with Crippen LogP contribution in [-0.2, 0) is 20.6 Å². The highest BCUT2D eigenvalue weighted by Crippen LogP contribution is 2.46. The molecule has 0 saturated heterocycles. The van der Waals surface area contributed by atoms with Gasteiger partial charge in [-0.2, -0.15) is 5.10 Å². The molecule has 1 aliphatic rings. The number of nitrogens with one attached hydrogen (secondary N) is 1. The number of rotatable bonds is 8. The lowest BCUT2D eigenvalue weighted by molar-refractivity contribution is 0.278. The first-order valence-electron chi connectivity index (χ1n) is 9.47. The van der Waals surface area contributed by atoms with Crippen LogP contribution in [0.15, 0.2) is 41.5 Å². The van der Waals surface area contributed by atoms with E-state index in [1.165, 1.54) is 4.68 Å². The Morgan fingerprint density at radius 2 is 2.10 bits per heavy atom. The number of nitrogens with zero attached hydrogens (tertiary/aromatic N) is 5. The molecule has 0 spiro atoms. The van der Waals surface area contributed by atoms with Crippen LogP contribution in [0.4, 0.5) is 5.69 Å². The van der Waals surface area contributed by atoms with Crippen molar-refractivity contribution in [2.24, 2.45) is 20.0 Å². The topological polar surface area (TPSA) is 96.1 Å². The summed E-state index contributed by atoms with van der Waals surface area (Å²) in [6, 6.07) is 7.46. The van der Waals surface area contributed by atoms with E-state index in [9.17, 15) is 4.79 Å². The molecule has 29 heavy (non-hydrogen) atoms. The number of hydrogen-bond acceptors (Lipinski definition) is 7. The van der Waals surface area contributed by atoms with Crippen LogP contribution >= 0.6 is 0 Å². The van der Waals surface area contributed by atoms with Crippen molar-refractivity contribution in [3.05, 3.63) is 58.4 Å². The van der Waals surface area contributed by atoms with E-state index < -0.39 is 0 Å². The Morgan fingerprint density at radius 3 is 2.79 bits per heavy atom. The molecule has 152 valence electrons. The van der Waals surface area contributed by atoms with Crippen molar-refractivity contribution in [3.8, 4) is 11.6 Å². The normalized spacial score (nSPS) is 17.8. The molecule has 1 aliphatic carbocycles. The zero-order valence-corrected chi connectivity index (χ0v) is 16.7. The molecule has 1 saturated carbocycles. The lowest BCUT2D eigenvalue weighted by atomic mass is 10.2. The summed E-state index contributed by atoms with van der Waals surface area (Å²) in [6.07, 6.45) is 4.62. The zero-order valence-electron chi connectivity index (χ0n) is 16.7. The highest BCUT2D eigenvalue weighted by atomic mass is 16.5. The summed E-state index contributed by atoms with van der Waals surface area (Å²) in [5, 5.41) is 11.6. The first kappa shape index (κ1) is 19.0. The smallest absolute Gasteiger partial charge is 0.290 e. The van der Waals surface area contributed by atoms with Gasteiger partial charge in [0.2, 0.25) is 5.88 Å². The fraction of sp³-hybridized carbons (Fsp3) is 0.400. The quantitative estimate of drug-likeness (QED) is 0.619. The van der Waals surface area contributed by atoms with Gasteiger partial charge in [-0.15, -0.1) is 5.10 Å². The standard InChI is InChI=1S/C20H24N6O3/c1-25-7-6-14(23-25)10-21-18-9-19(24-26(2)20(18)27)29-12-13-8-16(13)17-5-4-15(28-3)11-22-17/h4-7,9,11,13,16,21H,8,10,12H2,1-3H3. The van der Waals surface area contributed by atoms with Gasteiger partial charge in [-0.3, -0.25) is 14.5 Å². The summed E-state index contributed by atoms with van der Waals surface area (Å²) in [7, 11) is 5.10. The maximum atomic E-state index is 12.3. The molecular formula is C20H24N6O3. The molecule has 3 heterocycles. The van der Waals surface area contributed by atoms with Crippen LogP contribution in [0.25, 0.3) is 0 Å². The Balaban J connectivity index is 1.36. The first-order chi connectivity index (χ1) is 14.0. The number of anilines is 1. The van der Waals surface area contributed by atoms with Crippen LogP contribution in [0.1, 0.15) is 23.7 Å². The molecule has 9 nitrogen and oxygen atoms in total. The highest BCUT2D eigenvalue weighted by Gasteiger charge is 2.40. The predicted molar refractivity (Wildman–Crippen MR) is 107 cm³/mol. The van der Waals surface area contributed by atoms with Crippen molar-refractivity contribution < 1.29 is 9.47 Å². The number of hydrogen-bond donors (Lipinski definition) is 1. The van der Waals surface area contributed by atoms with Crippen LogP contribution in [0, 0.1) is 5.92 Å². The lowest BCUT2D eigenvalue weighted by Gasteiger charge is -2.10. The molecular weight excluding hydrogens is 372 g/mol. The van der Waals surface area contributed by atoms with E-state index in [0.717, 1.165) is 23.6 Å². The van der Waals surface area contributed by atoms with E-state index in [-0.39, 0.29) is 5.56 Å². The van der Waals surface area contributed by atoms with Crippen molar-refractivity contribution >= 4 is 5.69 Å². The van der Waals surface area contributed by atoms with Gasteiger partial charge < -0.3 is 14.8 Å². The van der Waals surface area contributed by atoms with Crippen molar-refractivity contribution in [3.63, 3.8) is 0 Å². The van der Waals surface area contributed by atoms with Crippen LogP contribution in [0.3, 0.4) is 0 Å². The van der Waals surface area contributed by atoms with Crippen LogP contribution in [0.5, 0.6) is 11.6 Å². The van der Waals surface area contributed by atoms with Gasteiger partial charge in [-0.05, 0) is 24.6 Å². The van der Waals surface area contributed by atoms with Gasteiger partial charge in [0.25, 0.3) is 5.56 Å². The Hall–Kier alpha value is -3.36. The van der Waals surface area contributed by atoms with Crippen LogP contribution in [-0.4, -0.2) is 38.3 Å². The van der Waals surface area contributed by atoms with Crippen molar-refractivity contribution in [2.75, 3.05) is 19.0 Å². The average molecular weight is 396 g/mol. The molecule has 2 unspecified atom stereocenters. The van der Waals surface area contributed by atoms with Gasteiger partial charge in [0.1, 0.15) is 11.4 Å². The monoisotopic (exact) mass is 396 g/mol. The Kier molecular flexibility index (Phi) is 5.20. The third kappa shape index (κ3) is 4.39. The molecule has 0 bridgehead atoms. The second-order valence-electron chi connectivity index (χ2n) is 7.20. The molecule has 0 aliphatic heterocycles. The maximum Gasteiger partial charge on any atom is 0.290 e. The van der Waals surface area contributed by atoms with Crippen molar-refractivity contribution in [1.29, 1.82) is 0 Å². The van der Waals surface area contributed by atoms with E-state index in [1.54, 1.807) is 31.1 Å². The zero-order chi connectivity index (χ0) is 20.4. The summed E-state index contributed by atoms with van der Waals surface area (Å²) < 4.78 is 14.0. The van der Waals surface area contributed by atoms with Gasteiger partial charge in [0.15, 0.2) is 0 Å². The van der Waals surface area contributed by atoms with E-state index in [1.807, 2.05) is 31.4 Å². The molecule has 4 rings (SSSR count). The second-order valence-corrected chi connectivity index (χ2v) is 7.20. The van der Waals surface area contributed by atoms with Gasteiger partial charge >= 0.3 is 0 Å². The fourth-order valence-electron chi connectivity index (χ4n) is 3.24. The minimum Gasteiger partial charge on any atom is -0.495 e. The maximum absolute atomic E-state index is 12.3. The highest BCUT2D eigenvalue weighted by molar-refractivity contribution is 5.43. The summed E-state index contributed by atoms with van der Waals surface area (Å²) in [4.78, 5) is 16.8. The SMILES string of the molecule is COc1ccc(C2CC2COc2cc(NCc3ccn(C)n3)c(=O)n(C)n2)nc1. The number of aryl methyl sites for hydroxylation is 2. The van der Waals surface area contributed by atoms with E-state index in [2.05, 4.69) is 20.5 Å². The number of aromatic nitrogens is 5. The lowest BCUT2D eigenvalue weighted by Crippen LogP contribution is -2.24. The van der Waals surface area contributed by atoms with E-state index in [4.69, 9.17) is 9.47 Å². The van der Waals surface area contributed by atoms with Gasteiger partial charge in [-0.25, -0.2) is 4.68 Å².